The number of nitrogens with one attached hydrogen (secondary N) is 3. The number of aliphatic hydroxyl groups is 4. The highest BCUT2D eigenvalue weighted by Crippen LogP contribution is 2.28. The molecule has 2 aliphatic rings. The second-order valence-electron chi connectivity index (χ2n) is 13.9. The van der Waals surface area contributed by atoms with Crippen molar-refractivity contribution in [3.63, 3.8) is 0 Å². The third-order valence-corrected chi connectivity index (χ3v) is 10.6. The number of thioether (sulfide) groups is 1. The normalized spacial score (nSPS) is 24.7. The van der Waals surface area contributed by atoms with Crippen LogP contribution in [0.1, 0.15) is 24.0 Å². The predicted octanol–water partition coefficient (Wildman–Crippen LogP) is -3.91. The van der Waals surface area contributed by atoms with Gasteiger partial charge in [0.2, 0.25) is 29.5 Å². The number of likely N-dealkylation sites (tertiary alicyclic amines) is 1. The van der Waals surface area contributed by atoms with Gasteiger partial charge in [-0.2, -0.15) is 20.2 Å². The molecule has 10 atom stereocenters. The average Bonchev–Trinajstić information content (AvgIpc) is 3.63. The largest absolute Gasteiger partial charge is 0.446 e. The monoisotopic (exact) mass is 870 g/mol. The number of benzene rings is 2. The fourth-order valence-electron chi connectivity index (χ4n) is 6.50. The van der Waals surface area contributed by atoms with Crippen molar-refractivity contribution in [2.24, 2.45) is 11.5 Å². The Labute approximate surface area is 344 Å². The third-order valence-electron chi connectivity index (χ3n) is 9.55. The summed E-state index contributed by atoms with van der Waals surface area (Å²) in [7, 11) is -4.73. The zero-order valence-electron chi connectivity index (χ0n) is 31.9. The predicted molar refractivity (Wildman–Crippen MR) is 208 cm³/mol. The first-order valence-electron chi connectivity index (χ1n) is 18.4. The van der Waals surface area contributed by atoms with E-state index in [0.717, 1.165) is 4.90 Å². The van der Waals surface area contributed by atoms with Crippen LogP contribution in [0.2, 0.25) is 0 Å². The van der Waals surface area contributed by atoms with Gasteiger partial charge in [-0.3, -0.25) is 28.5 Å². The Morgan fingerprint density at radius 2 is 1.59 bits per heavy atom. The van der Waals surface area contributed by atoms with Gasteiger partial charge in [-0.25, -0.2) is 0 Å². The van der Waals surface area contributed by atoms with Crippen molar-refractivity contribution in [3.05, 3.63) is 65.7 Å². The quantitative estimate of drug-likeness (QED) is 0.0569. The summed E-state index contributed by atoms with van der Waals surface area (Å²) in [6, 6.07) is 9.25. The van der Waals surface area contributed by atoms with Gasteiger partial charge in [0.05, 0.1) is 25.3 Å². The summed E-state index contributed by atoms with van der Waals surface area (Å²) in [4.78, 5) is 67.5. The summed E-state index contributed by atoms with van der Waals surface area (Å²) in [5, 5.41) is 48.0. The maximum Gasteiger partial charge on any atom is 0.446 e. The lowest BCUT2D eigenvalue weighted by Gasteiger charge is -2.40. The van der Waals surface area contributed by atoms with Crippen LogP contribution >= 0.6 is 11.8 Å². The number of rotatable bonds is 20. The van der Waals surface area contributed by atoms with Gasteiger partial charge in [-0.05, 0) is 48.1 Å². The van der Waals surface area contributed by atoms with Crippen LogP contribution in [0.4, 0.5) is 0 Å². The minimum absolute atomic E-state index is 0.0116. The third kappa shape index (κ3) is 13.8. The molecule has 0 radical (unpaired) electrons. The molecule has 23 heteroatoms. The fraction of sp³-hybridized carbons (Fsp3) is 0.528. The van der Waals surface area contributed by atoms with E-state index < -0.39 is 114 Å². The van der Waals surface area contributed by atoms with Crippen LogP contribution in [-0.4, -0.2) is 161 Å². The zero-order chi connectivity index (χ0) is 43.4. The van der Waals surface area contributed by atoms with Crippen LogP contribution in [0.3, 0.4) is 0 Å². The van der Waals surface area contributed by atoms with Gasteiger partial charge in [0.1, 0.15) is 48.3 Å². The molecule has 326 valence electrons. The summed E-state index contributed by atoms with van der Waals surface area (Å²) in [5.41, 5.74) is 12.9. The number of nitrogens with zero attached hydrogens (tertiary/aromatic N) is 1. The maximum atomic E-state index is 14.1. The topological polar surface area (TPSA) is 340 Å². The highest BCUT2D eigenvalue weighted by Gasteiger charge is 2.48. The van der Waals surface area contributed by atoms with Gasteiger partial charge >= 0.3 is 10.4 Å². The van der Waals surface area contributed by atoms with Gasteiger partial charge in [0, 0.05) is 19.4 Å². The van der Waals surface area contributed by atoms with Crippen LogP contribution in [0.5, 0.6) is 5.75 Å². The highest BCUT2D eigenvalue weighted by molar-refractivity contribution is 7.98. The molecule has 0 aromatic heterocycles. The molecule has 0 saturated carbocycles. The van der Waals surface area contributed by atoms with Crippen LogP contribution in [0.25, 0.3) is 0 Å². The molecule has 2 saturated heterocycles. The Morgan fingerprint density at radius 1 is 0.932 bits per heavy atom. The number of nitrogens with two attached hydrogens (primary N) is 2. The molecule has 5 amide bonds. The van der Waals surface area contributed by atoms with Crippen molar-refractivity contribution in [1.82, 2.24) is 20.9 Å². The number of carbonyl (C=O) groups excluding carboxylic acids is 5. The molecule has 2 fully saturated rings. The Morgan fingerprint density at radius 3 is 2.20 bits per heavy atom. The van der Waals surface area contributed by atoms with Crippen molar-refractivity contribution in [1.29, 1.82) is 0 Å². The fourth-order valence-corrected chi connectivity index (χ4v) is 7.32. The SMILES string of the molecule is CSCC[C@@H](NC(=O)[C@@H](N)Cc1ccc(OS(=O)(=O)O)cc1)C(=O)NCC(=O)N[C@@H](Cc1ccccc1)C(=O)N1CC(O[C@@H]2O[C@H](CO)[C@H](O)[C@H](O)[C@H]2O)C[C@H]1C(N)=O. The van der Waals surface area contributed by atoms with Crippen molar-refractivity contribution in [2.45, 2.75) is 86.7 Å². The Bertz CT molecular complexity index is 1860. The summed E-state index contributed by atoms with van der Waals surface area (Å²) < 4.78 is 46.3. The molecule has 2 heterocycles. The molecular weight excluding hydrogens is 821 g/mol. The molecule has 1 unspecified atom stereocenters. The average molecular weight is 871 g/mol. The van der Waals surface area contributed by atoms with Crippen LogP contribution in [-0.2, 0) is 56.7 Å². The first-order chi connectivity index (χ1) is 27.9. The Kier molecular flexibility index (Phi) is 17.4. The van der Waals surface area contributed by atoms with Crippen LogP contribution in [0.15, 0.2) is 54.6 Å². The second-order valence-corrected chi connectivity index (χ2v) is 15.9. The van der Waals surface area contributed by atoms with E-state index in [1.165, 1.54) is 36.0 Å². The molecule has 21 nitrogen and oxygen atoms in total. The molecule has 12 N–H and O–H groups in total. The summed E-state index contributed by atoms with van der Waals surface area (Å²) in [6.45, 7) is -1.58. The van der Waals surface area contributed by atoms with Crippen molar-refractivity contribution in [3.8, 4) is 5.75 Å². The Balaban J connectivity index is 1.40. The van der Waals surface area contributed by atoms with Crippen LogP contribution < -0.4 is 31.6 Å². The standard InChI is InChI=1S/C36H50N6O15S2/c1-58-12-11-24(41-33(49)23(37)13-20-7-9-21(10-8-20)57-59(52,53)54)34(50)39-16-28(44)40-25(14-19-5-3-2-4-6-19)35(51)42-17-22(15-26(42)32(38)48)55-36-31(47)30(46)29(45)27(18-43)56-36/h2-10,22-27,29-31,36,43,45-47H,11-18,37H2,1H3,(H2,38,48)(H,39,50)(H,40,44)(H,41,49)(H,52,53,54)/t22?,23-,24+,25-,26-,27+,29-,30-,31+,36+/m0/s1. The molecule has 0 spiro atoms. The van der Waals surface area contributed by atoms with Gasteiger partial charge < -0.3 is 66.4 Å². The number of primary amides is 1. The number of ether oxygens (including phenoxy) is 2. The van der Waals surface area contributed by atoms with E-state index in [1.54, 1.807) is 36.6 Å². The lowest BCUT2D eigenvalue weighted by atomic mass is 9.99. The Hall–Kier alpha value is -4.43. The van der Waals surface area contributed by atoms with E-state index in [4.69, 9.17) is 25.5 Å². The first kappa shape index (κ1) is 47.3. The van der Waals surface area contributed by atoms with E-state index in [2.05, 4.69) is 20.1 Å². The van der Waals surface area contributed by atoms with E-state index in [0.29, 0.717) is 16.9 Å². The lowest BCUT2D eigenvalue weighted by molar-refractivity contribution is -0.310. The molecule has 0 bridgehead atoms. The molecule has 0 aliphatic carbocycles. The zero-order valence-corrected chi connectivity index (χ0v) is 33.5. The highest BCUT2D eigenvalue weighted by atomic mass is 32.3. The molecular formula is C36H50N6O15S2. The van der Waals surface area contributed by atoms with E-state index in [9.17, 15) is 52.8 Å². The van der Waals surface area contributed by atoms with Crippen molar-refractivity contribution in [2.75, 3.05) is 31.7 Å². The van der Waals surface area contributed by atoms with Gasteiger partial charge in [-0.1, -0.05) is 42.5 Å². The van der Waals surface area contributed by atoms with E-state index in [1.807, 2.05) is 0 Å². The molecule has 2 aromatic rings. The van der Waals surface area contributed by atoms with Crippen molar-refractivity contribution >= 4 is 51.7 Å². The molecule has 2 aromatic carbocycles. The number of amides is 5. The number of hydrogen-bond donors (Lipinski definition) is 10. The van der Waals surface area contributed by atoms with E-state index >= 15 is 0 Å². The van der Waals surface area contributed by atoms with E-state index in [-0.39, 0.29) is 38.0 Å². The molecule has 59 heavy (non-hydrogen) atoms. The summed E-state index contributed by atoms with van der Waals surface area (Å²) in [6.07, 6.45) is -7.12. The summed E-state index contributed by atoms with van der Waals surface area (Å²) >= 11 is 1.40. The lowest BCUT2D eigenvalue weighted by Crippen LogP contribution is -2.59. The first-order valence-corrected chi connectivity index (χ1v) is 21.1. The second kappa shape index (κ2) is 21.7. The minimum Gasteiger partial charge on any atom is -0.394 e. The number of carbonyl (C=O) groups is 5. The van der Waals surface area contributed by atoms with Crippen LogP contribution in [0, 0.1) is 0 Å². The minimum atomic E-state index is -4.73. The number of aliphatic hydroxyl groups excluding tert-OH is 4. The van der Waals surface area contributed by atoms with Gasteiger partial charge in [0.25, 0.3) is 0 Å². The van der Waals surface area contributed by atoms with Gasteiger partial charge in [0.15, 0.2) is 6.29 Å². The summed E-state index contributed by atoms with van der Waals surface area (Å²) in [5.74, 6) is -3.53. The smallest absolute Gasteiger partial charge is 0.394 e. The maximum absolute atomic E-state index is 14.1. The number of hydrogen-bond acceptors (Lipinski definition) is 16. The van der Waals surface area contributed by atoms with Gasteiger partial charge in [-0.15, -0.1) is 0 Å². The van der Waals surface area contributed by atoms with Crippen molar-refractivity contribution < 1.29 is 71.0 Å². The molecule has 2 aliphatic heterocycles. The molecule has 4 rings (SSSR count).